The molecule has 21 heavy (non-hydrogen) atoms. The molecule has 1 N–H and O–H groups in total. The average Bonchev–Trinajstić information content (AvgIpc) is 2.97. The SMILES string of the molecule is O=C(Nc1nnc(-c2ccccc2Cl)o1)c1ccccc1. The van der Waals surface area contributed by atoms with Crippen molar-refractivity contribution in [2.75, 3.05) is 5.32 Å². The van der Waals surface area contributed by atoms with Crippen molar-refractivity contribution >= 4 is 23.5 Å². The van der Waals surface area contributed by atoms with Crippen LogP contribution in [-0.4, -0.2) is 16.1 Å². The van der Waals surface area contributed by atoms with E-state index < -0.39 is 0 Å². The van der Waals surface area contributed by atoms with Gasteiger partial charge in [-0.25, -0.2) is 0 Å². The van der Waals surface area contributed by atoms with E-state index in [2.05, 4.69) is 15.5 Å². The van der Waals surface area contributed by atoms with Crippen LogP contribution in [0.5, 0.6) is 0 Å². The normalized spacial score (nSPS) is 10.3. The van der Waals surface area contributed by atoms with Gasteiger partial charge in [-0.05, 0) is 24.3 Å². The van der Waals surface area contributed by atoms with Crippen LogP contribution >= 0.6 is 11.6 Å². The molecule has 1 aromatic heterocycles. The number of anilines is 1. The van der Waals surface area contributed by atoms with Crippen molar-refractivity contribution < 1.29 is 9.21 Å². The largest absolute Gasteiger partial charge is 0.403 e. The Labute approximate surface area is 125 Å². The molecule has 0 saturated heterocycles. The van der Waals surface area contributed by atoms with Crippen molar-refractivity contribution in [1.82, 2.24) is 10.2 Å². The molecule has 6 heteroatoms. The van der Waals surface area contributed by atoms with Crippen LogP contribution < -0.4 is 5.32 Å². The van der Waals surface area contributed by atoms with Gasteiger partial charge in [0.05, 0.1) is 10.6 Å². The molecule has 5 nitrogen and oxygen atoms in total. The fourth-order valence-corrected chi connectivity index (χ4v) is 1.99. The second-order valence-corrected chi connectivity index (χ2v) is 4.62. The number of amides is 1. The van der Waals surface area contributed by atoms with Crippen molar-refractivity contribution in [3.8, 4) is 11.5 Å². The Morgan fingerprint density at radius 2 is 1.71 bits per heavy atom. The van der Waals surface area contributed by atoms with Crippen LogP contribution in [0.1, 0.15) is 10.4 Å². The molecule has 104 valence electrons. The standard InChI is InChI=1S/C15H10ClN3O2/c16-12-9-5-4-8-11(12)14-18-19-15(21-14)17-13(20)10-6-2-1-3-7-10/h1-9H,(H,17,19,20). The van der Waals surface area contributed by atoms with E-state index in [1.165, 1.54) is 0 Å². The first-order valence-corrected chi connectivity index (χ1v) is 6.56. The van der Waals surface area contributed by atoms with Crippen LogP contribution in [-0.2, 0) is 0 Å². The maximum atomic E-state index is 12.0. The summed E-state index contributed by atoms with van der Waals surface area (Å²) in [5, 5.41) is 10.7. The summed E-state index contributed by atoms with van der Waals surface area (Å²) >= 11 is 6.05. The third kappa shape index (κ3) is 2.93. The summed E-state index contributed by atoms with van der Waals surface area (Å²) in [6.45, 7) is 0. The first-order valence-electron chi connectivity index (χ1n) is 6.19. The zero-order chi connectivity index (χ0) is 14.7. The van der Waals surface area contributed by atoms with Gasteiger partial charge in [0.15, 0.2) is 0 Å². The lowest BCUT2D eigenvalue weighted by atomic mass is 10.2. The Kier molecular flexibility index (Phi) is 3.66. The number of carbonyl (C=O) groups excluding carboxylic acids is 1. The van der Waals surface area contributed by atoms with Crippen molar-refractivity contribution in [1.29, 1.82) is 0 Å². The molecule has 0 bridgehead atoms. The quantitative estimate of drug-likeness (QED) is 0.801. The second-order valence-electron chi connectivity index (χ2n) is 4.21. The summed E-state index contributed by atoms with van der Waals surface area (Å²) in [5.41, 5.74) is 1.13. The van der Waals surface area contributed by atoms with Gasteiger partial charge in [0.2, 0.25) is 0 Å². The third-order valence-electron chi connectivity index (χ3n) is 2.79. The van der Waals surface area contributed by atoms with E-state index in [4.69, 9.17) is 16.0 Å². The van der Waals surface area contributed by atoms with E-state index in [0.717, 1.165) is 0 Å². The lowest BCUT2D eigenvalue weighted by Gasteiger charge is -2.00. The maximum absolute atomic E-state index is 12.0. The van der Waals surface area contributed by atoms with E-state index >= 15 is 0 Å². The minimum Gasteiger partial charge on any atom is -0.403 e. The molecule has 0 radical (unpaired) electrons. The van der Waals surface area contributed by atoms with Gasteiger partial charge in [0.1, 0.15) is 0 Å². The third-order valence-corrected chi connectivity index (χ3v) is 3.12. The summed E-state index contributed by atoms with van der Waals surface area (Å²) in [6, 6.07) is 15.9. The molecular weight excluding hydrogens is 290 g/mol. The molecule has 0 aliphatic rings. The summed E-state index contributed by atoms with van der Waals surface area (Å²) in [6.07, 6.45) is 0. The summed E-state index contributed by atoms with van der Waals surface area (Å²) in [4.78, 5) is 12.0. The molecule has 0 spiro atoms. The highest BCUT2D eigenvalue weighted by atomic mass is 35.5. The zero-order valence-corrected chi connectivity index (χ0v) is 11.5. The molecule has 0 fully saturated rings. The predicted octanol–water partition coefficient (Wildman–Crippen LogP) is 3.64. The van der Waals surface area contributed by atoms with Crippen molar-refractivity contribution in [3.63, 3.8) is 0 Å². The number of aromatic nitrogens is 2. The monoisotopic (exact) mass is 299 g/mol. The topological polar surface area (TPSA) is 68.0 Å². The van der Waals surface area contributed by atoms with E-state index in [1.54, 1.807) is 42.5 Å². The number of benzene rings is 2. The first kappa shape index (κ1) is 13.3. The molecular formula is C15H10ClN3O2. The van der Waals surface area contributed by atoms with Crippen LogP contribution in [0.3, 0.4) is 0 Å². The van der Waals surface area contributed by atoms with Gasteiger partial charge in [-0.3, -0.25) is 10.1 Å². The number of halogens is 1. The van der Waals surface area contributed by atoms with Crippen LogP contribution in [0.2, 0.25) is 5.02 Å². The number of hydrogen-bond donors (Lipinski definition) is 1. The number of carbonyl (C=O) groups is 1. The van der Waals surface area contributed by atoms with E-state index in [1.807, 2.05) is 12.1 Å². The molecule has 0 saturated carbocycles. The van der Waals surface area contributed by atoms with Crippen molar-refractivity contribution in [2.24, 2.45) is 0 Å². The highest BCUT2D eigenvalue weighted by Crippen LogP contribution is 2.27. The summed E-state index contributed by atoms with van der Waals surface area (Å²) < 4.78 is 5.40. The van der Waals surface area contributed by atoms with Gasteiger partial charge in [0.25, 0.3) is 11.8 Å². The van der Waals surface area contributed by atoms with E-state index in [9.17, 15) is 4.79 Å². The van der Waals surface area contributed by atoms with E-state index in [0.29, 0.717) is 16.1 Å². The predicted molar refractivity (Wildman–Crippen MR) is 79.1 cm³/mol. The Hall–Kier alpha value is -2.66. The molecule has 0 aliphatic carbocycles. The molecule has 1 amide bonds. The van der Waals surface area contributed by atoms with Gasteiger partial charge in [0, 0.05) is 5.56 Å². The Morgan fingerprint density at radius 3 is 2.48 bits per heavy atom. The van der Waals surface area contributed by atoms with Gasteiger partial charge >= 0.3 is 6.01 Å². The molecule has 0 atom stereocenters. The first-order chi connectivity index (χ1) is 10.2. The Morgan fingerprint density at radius 1 is 1.00 bits per heavy atom. The molecule has 2 aromatic carbocycles. The Bertz CT molecular complexity index is 771. The van der Waals surface area contributed by atoms with Crippen LogP contribution in [0.25, 0.3) is 11.5 Å². The molecule has 0 aliphatic heterocycles. The summed E-state index contributed by atoms with van der Waals surface area (Å²) in [7, 11) is 0. The molecule has 0 unspecified atom stereocenters. The fourth-order valence-electron chi connectivity index (χ4n) is 1.78. The van der Waals surface area contributed by atoms with Gasteiger partial charge < -0.3 is 4.42 Å². The molecule has 1 heterocycles. The Balaban J connectivity index is 1.80. The summed E-state index contributed by atoms with van der Waals surface area (Å²) in [5.74, 6) is -0.0612. The number of rotatable bonds is 3. The van der Waals surface area contributed by atoms with Gasteiger partial charge in [-0.1, -0.05) is 47.0 Å². The van der Waals surface area contributed by atoms with Crippen molar-refractivity contribution in [3.05, 3.63) is 65.2 Å². The van der Waals surface area contributed by atoms with Gasteiger partial charge in [-0.15, -0.1) is 5.10 Å². The number of nitrogens with zero attached hydrogens (tertiary/aromatic N) is 2. The molecule has 3 aromatic rings. The highest BCUT2D eigenvalue weighted by molar-refractivity contribution is 6.33. The lowest BCUT2D eigenvalue weighted by molar-refractivity contribution is 0.102. The minimum atomic E-state index is -0.315. The fraction of sp³-hybridized carbons (Fsp3) is 0. The highest BCUT2D eigenvalue weighted by Gasteiger charge is 2.14. The average molecular weight is 300 g/mol. The smallest absolute Gasteiger partial charge is 0.322 e. The maximum Gasteiger partial charge on any atom is 0.322 e. The van der Waals surface area contributed by atoms with Gasteiger partial charge in [-0.2, -0.15) is 0 Å². The van der Waals surface area contributed by atoms with Crippen LogP contribution in [0.4, 0.5) is 6.01 Å². The number of nitrogens with one attached hydrogen (secondary N) is 1. The van der Waals surface area contributed by atoms with E-state index in [-0.39, 0.29) is 17.8 Å². The second kappa shape index (κ2) is 5.76. The van der Waals surface area contributed by atoms with Crippen LogP contribution in [0, 0.1) is 0 Å². The lowest BCUT2D eigenvalue weighted by Crippen LogP contribution is -2.11. The number of hydrogen-bond acceptors (Lipinski definition) is 4. The minimum absolute atomic E-state index is 0.0266. The zero-order valence-electron chi connectivity index (χ0n) is 10.8. The molecule has 3 rings (SSSR count). The van der Waals surface area contributed by atoms with Crippen molar-refractivity contribution in [2.45, 2.75) is 0 Å². The van der Waals surface area contributed by atoms with Crippen LogP contribution in [0.15, 0.2) is 59.0 Å².